The second kappa shape index (κ2) is 4.96. The van der Waals surface area contributed by atoms with Gasteiger partial charge in [-0.15, -0.1) is 0 Å². The number of hydrogen-bond donors (Lipinski definition) is 0. The largest absolute Gasteiger partial charge is 0.494 e. The number of fused-ring (bicyclic) bond motifs is 1. The first-order chi connectivity index (χ1) is 9.69. The third kappa shape index (κ3) is 2.13. The first-order valence-corrected chi connectivity index (χ1v) is 6.25. The van der Waals surface area contributed by atoms with Crippen molar-refractivity contribution in [2.75, 3.05) is 7.11 Å². The Kier molecular flexibility index (Phi) is 3.14. The highest BCUT2D eigenvalue weighted by molar-refractivity contribution is 5.80. The van der Waals surface area contributed by atoms with E-state index in [1.54, 1.807) is 24.3 Å². The predicted molar refractivity (Wildman–Crippen MR) is 74.0 cm³/mol. The van der Waals surface area contributed by atoms with Gasteiger partial charge < -0.3 is 9.30 Å². The number of aromatic nitrogens is 1. The van der Waals surface area contributed by atoms with Crippen LogP contribution in [0, 0.1) is 11.6 Å². The summed E-state index contributed by atoms with van der Waals surface area (Å²) < 4.78 is 34.1. The molecule has 0 saturated heterocycles. The van der Waals surface area contributed by atoms with Crippen molar-refractivity contribution < 1.29 is 13.5 Å². The Labute approximate surface area is 115 Å². The SMILES string of the molecule is COc1cccc(Cn2ccc3cc(F)ccc32)c1F. The molecule has 3 rings (SSSR count). The molecule has 0 amide bonds. The van der Waals surface area contributed by atoms with Crippen molar-refractivity contribution >= 4 is 10.9 Å². The topological polar surface area (TPSA) is 14.2 Å². The summed E-state index contributed by atoms with van der Waals surface area (Å²) in [7, 11) is 1.44. The van der Waals surface area contributed by atoms with E-state index >= 15 is 0 Å². The van der Waals surface area contributed by atoms with Crippen LogP contribution in [-0.4, -0.2) is 11.7 Å². The molecule has 0 N–H and O–H groups in total. The molecule has 4 heteroatoms. The fraction of sp³-hybridized carbons (Fsp3) is 0.125. The summed E-state index contributed by atoms with van der Waals surface area (Å²) in [4.78, 5) is 0. The van der Waals surface area contributed by atoms with Gasteiger partial charge in [0, 0.05) is 22.7 Å². The lowest BCUT2D eigenvalue weighted by molar-refractivity contribution is 0.383. The van der Waals surface area contributed by atoms with Gasteiger partial charge in [0.2, 0.25) is 0 Å². The van der Waals surface area contributed by atoms with E-state index in [-0.39, 0.29) is 17.4 Å². The van der Waals surface area contributed by atoms with Crippen LogP contribution >= 0.6 is 0 Å². The number of nitrogens with zero attached hydrogens (tertiary/aromatic N) is 1. The number of benzene rings is 2. The third-order valence-corrected chi connectivity index (χ3v) is 3.34. The van der Waals surface area contributed by atoms with Crippen molar-refractivity contribution in [1.82, 2.24) is 4.57 Å². The van der Waals surface area contributed by atoms with Crippen molar-refractivity contribution in [1.29, 1.82) is 0 Å². The molecule has 2 nitrogen and oxygen atoms in total. The molecule has 0 radical (unpaired) electrons. The Bertz CT molecular complexity index is 764. The lowest BCUT2D eigenvalue weighted by Gasteiger charge is -2.09. The summed E-state index contributed by atoms with van der Waals surface area (Å²) in [6.45, 7) is 0.373. The zero-order valence-electron chi connectivity index (χ0n) is 10.9. The van der Waals surface area contributed by atoms with Gasteiger partial charge in [-0.2, -0.15) is 0 Å². The molecule has 0 unspecified atom stereocenters. The molecule has 20 heavy (non-hydrogen) atoms. The number of hydrogen-bond acceptors (Lipinski definition) is 1. The second-order valence-electron chi connectivity index (χ2n) is 4.58. The minimum absolute atomic E-state index is 0.227. The number of ether oxygens (including phenoxy) is 1. The Morgan fingerprint density at radius 2 is 1.95 bits per heavy atom. The summed E-state index contributed by atoms with van der Waals surface area (Å²) in [6, 6.07) is 11.4. The summed E-state index contributed by atoms with van der Waals surface area (Å²) in [5, 5.41) is 0.799. The molecule has 0 fully saturated rings. The molecule has 1 aromatic heterocycles. The van der Waals surface area contributed by atoms with Crippen LogP contribution in [0.15, 0.2) is 48.7 Å². The summed E-state index contributed by atoms with van der Waals surface area (Å²) in [5.74, 6) is -0.410. The van der Waals surface area contributed by atoms with E-state index in [1.165, 1.54) is 19.2 Å². The fourth-order valence-electron chi connectivity index (χ4n) is 2.33. The lowest BCUT2D eigenvalue weighted by atomic mass is 10.2. The van der Waals surface area contributed by atoms with Gasteiger partial charge in [-0.25, -0.2) is 8.78 Å². The van der Waals surface area contributed by atoms with Crippen LogP contribution in [-0.2, 0) is 6.54 Å². The monoisotopic (exact) mass is 273 g/mol. The van der Waals surface area contributed by atoms with Crippen LogP contribution in [0.25, 0.3) is 10.9 Å². The van der Waals surface area contributed by atoms with E-state index in [2.05, 4.69) is 0 Å². The third-order valence-electron chi connectivity index (χ3n) is 3.34. The molecule has 0 aliphatic heterocycles. The van der Waals surface area contributed by atoms with Gasteiger partial charge in [0.25, 0.3) is 0 Å². The minimum atomic E-state index is -0.362. The van der Waals surface area contributed by atoms with Crippen molar-refractivity contribution in [2.45, 2.75) is 6.54 Å². The molecular formula is C16H13F2NO. The molecule has 1 heterocycles. The number of methoxy groups -OCH3 is 1. The van der Waals surface area contributed by atoms with Crippen molar-refractivity contribution in [3.63, 3.8) is 0 Å². The molecule has 102 valence electrons. The van der Waals surface area contributed by atoms with Crippen LogP contribution in [0.2, 0.25) is 0 Å². The van der Waals surface area contributed by atoms with E-state index in [0.29, 0.717) is 12.1 Å². The van der Waals surface area contributed by atoms with Crippen molar-refractivity contribution in [3.8, 4) is 5.75 Å². The Morgan fingerprint density at radius 1 is 1.10 bits per heavy atom. The highest BCUT2D eigenvalue weighted by Crippen LogP contribution is 2.23. The van der Waals surface area contributed by atoms with Crippen LogP contribution < -0.4 is 4.74 Å². The van der Waals surface area contributed by atoms with Gasteiger partial charge in [0.05, 0.1) is 13.7 Å². The van der Waals surface area contributed by atoms with Gasteiger partial charge in [-0.1, -0.05) is 12.1 Å². The predicted octanol–water partition coefficient (Wildman–Crippen LogP) is 3.98. The second-order valence-corrected chi connectivity index (χ2v) is 4.58. The van der Waals surface area contributed by atoms with Gasteiger partial charge >= 0.3 is 0 Å². The van der Waals surface area contributed by atoms with E-state index < -0.39 is 0 Å². The smallest absolute Gasteiger partial charge is 0.170 e. The molecule has 0 aliphatic rings. The van der Waals surface area contributed by atoms with Gasteiger partial charge in [-0.05, 0) is 30.3 Å². The molecule has 2 aromatic carbocycles. The first-order valence-electron chi connectivity index (χ1n) is 6.25. The van der Waals surface area contributed by atoms with E-state index in [9.17, 15) is 8.78 Å². The summed E-state index contributed by atoms with van der Waals surface area (Å²) in [6.07, 6.45) is 1.82. The van der Waals surface area contributed by atoms with Gasteiger partial charge in [-0.3, -0.25) is 0 Å². The molecule has 3 aromatic rings. The minimum Gasteiger partial charge on any atom is -0.494 e. The zero-order valence-corrected chi connectivity index (χ0v) is 10.9. The molecule has 0 bridgehead atoms. The quantitative estimate of drug-likeness (QED) is 0.704. The highest BCUT2D eigenvalue weighted by atomic mass is 19.1. The Balaban J connectivity index is 2.01. The van der Waals surface area contributed by atoms with Crippen molar-refractivity contribution in [3.05, 3.63) is 65.9 Å². The average molecular weight is 273 g/mol. The normalized spacial score (nSPS) is 10.9. The maximum atomic E-state index is 14.1. The van der Waals surface area contributed by atoms with Crippen LogP contribution in [0.3, 0.4) is 0 Å². The summed E-state index contributed by atoms with van der Waals surface area (Å²) in [5.41, 5.74) is 1.40. The molecule has 0 atom stereocenters. The molecular weight excluding hydrogens is 260 g/mol. The molecule has 0 aliphatic carbocycles. The van der Waals surface area contributed by atoms with Gasteiger partial charge in [0.15, 0.2) is 11.6 Å². The van der Waals surface area contributed by atoms with Crippen LogP contribution in [0.4, 0.5) is 8.78 Å². The zero-order chi connectivity index (χ0) is 14.1. The number of halogens is 2. The summed E-state index contributed by atoms with van der Waals surface area (Å²) >= 11 is 0. The van der Waals surface area contributed by atoms with Crippen molar-refractivity contribution in [2.24, 2.45) is 0 Å². The van der Waals surface area contributed by atoms with Crippen LogP contribution in [0.1, 0.15) is 5.56 Å². The van der Waals surface area contributed by atoms with E-state index in [1.807, 2.05) is 16.8 Å². The van der Waals surface area contributed by atoms with E-state index in [0.717, 1.165) is 10.9 Å². The molecule has 0 saturated carbocycles. The Hall–Kier alpha value is -2.36. The average Bonchev–Trinajstić information content (AvgIpc) is 2.83. The first kappa shape index (κ1) is 12.7. The number of rotatable bonds is 3. The van der Waals surface area contributed by atoms with Crippen LogP contribution in [0.5, 0.6) is 5.75 Å². The maximum Gasteiger partial charge on any atom is 0.170 e. The fourth-order valence-corrected chi connectivity index (χ4v) is 2.33. The Morgan fingerprint density at radius 3 is 2.75 bits per heavy atom. The standard InChI is InChI=1S/C16H13F2NO/c1-20-15-4-2-3-12(16(15)18)10-19-8-7-11-9-13(17)5-6-14(11)19/h2-9H,10H2,1H3. The maximum absolute atomic E-state index is 14.1. The lowest BCUT2D eigenvalue weighted by Crippen LogP contribution is -2.02. The van der Waals surface area contributed by atoms with Gasteiger partial charge in [0.1, 0.15) is 5.82 Å². The molecule has 0 spiro atoms. The van der Waals surface area contributed by atoms with E-state index in [4.69, 9.17) is 4.74 Å². The highest BCUT2D eigenvalue weighted by Gasteiger charge is 2.10.